The van der Waals surface area contributed by atoms with Crippen molar-refractivity contribution in [3.05, 3.63) is 82.4 Å². The first kappa shape index (κ1) is 16.2. The highest BCUT2D eigenvalue weighted by atomic mass is 19.1. The van der Waals surface area contributed by atoms with Crippen molar-refractivity contribution in [2.24, 2.45) is 5.73 Å². The van der Waals surface area contributed by atoms with Crippen molar-refractivity contribution in [2.45, 2.75) is 12.5 Å². The lowest BCUT2D eigenvalue weighted by Crippen LogP contribution is -2.21. The summed E-state index contributed by atoms with van der Waals surface area (Å²) >= 11 is 0. The Morgan fingerprint density at radius 1 is 1.15 bits per heavy atom. The Morgan fingerprint density at radius 2 is 2.04 bits per heavy atom. The second-order valence-electron chi connectivity index (χ2n) is 6.11. The van der Waals surface area contributed by atoms with Crippen LogP contribution in [0.5, 0.6) is 0 Å². The monoisotopic (exact) mass is 349 g/mol. The maximum Gasteiger partial charge on any atom is 0.258 e. The summed E-state index contributed by atoms with van der Waals surface area (Å²) in [6.07, 6.45) is 3.82. The van der Waals surface area contributed by atoms with E-state index in [1.165, 1.54) is 12.1 Å². The van der Waals surface area contributed by atoms with E-state index in [2.05, 4.69) is 20.2 Å². The van der Waals surface area contributed by atoms with Gasteiger partial charge in [-0.3, -0.25) is 9.89 Å². The maximum absolute atomic E-state index is 13.3. The van der Waals surface area contributed by atoms with Gasteiger partial charge in [0.2, 0.25) is 0 Å². The van der Waals surface area contributed by atoms with Crippen LogP contribution in [0, 0.1) is 5.82 Å². The van der Waals surface area contributed by atoms with Crippen LogP contribution in [0.25, 0.3) is 22.0 Å². The molecule has 6 nitrogen and oxygen atoms in total. The zero-order chi connectivity index (χ0) is 18.1. The van der Waals surface area contributed by atoms with Gasteiger partial charge in [-0.25, -0.2) is 9.37 Å². The number of fused-ring (bicyclic) bond motifs is 1. The third-order valence-electron chi connectivity index (χ3n) is 4.25. The van der Waals surface area contributed by atoms with Gasteiger partial charge in [0.15, 0.2) is 0 Å². The number of nitrogens with zero attached hydrogens (tertiary/aromatic N) is 2. The predicted octanol–water partition coefficient (Wildman–Crippen LogP) is 2.69. The van der Waals surface area contributed by atoms with Gasteiger partial charge in [-0.1, -0.05) is 18.2 Å². The number of aromatic amines is 2. The molecule has 1 atom stereocenters. The van der Waals surface area contributed by atoms with Crippen LogP contribution in [0.15, 0.2) is 59.7 Å². The Balaban J connectivity index is 1.68. The lowest BCUT2D eigenvalue weighted by molar-refractivity contribution is 0.618. The zero-order valence-corrected chi connectivity index (χ0v) is 13.7. The topological polar surface area (TPSA) is 100 Å². The number of hydrogen-bond acceptors (Lipinski definition) is 4. The molecular formula is C19H16FN5O. The maximum atomic E-state index is 13.3. The molecule has 130 valence electrons. The highest BCUT2D eigenvalue weighted by molar-refractivity contribution is 5.83. The largest absolute Gasteiger partial charge is 0.321 e. The van der Waals surface area contributed by atoms with E-state index in [9.17, 15) is 9.18 Å². The van der Waals surface area contributed by atoms with Crippen LogP contribution in [-0.4, -0.2) is 20.2 Å². The molecule has 4 rings (SSSR count). The Kier molecular flexibility index (Phi) is 4.06. The molecule has 0 bridgehead atoms. The van der Waals surface area contributed by atoms with E-state index < -0.39 is 6.04 Å². The molecule has 0 fully saturated rings. The smallest absolute Gasteiger partial charge is 0.258 e. The molecule has 26 heavy (non-hydrogen) atoms. The Labute approximate surface area is 147 Å². The van der Waals surface area contributed by atoms with Crippen LogP contribution < -0.4 is 11.3 Å². The summed E-state index contributed by atoms with van der Waals surface area (Å²) in [5, 5.41) is 7.14. The molecule has 0 unspecified atom stereocenters. The molecule has 0 radical (unpaired) electrons. The average molecular weight is 349 g/mol. The van der Waals surface area contributed by atoms with Crippen molar-refractivity contribution in [3.63, 3.8) is 0 Å². The average Bonchev–Trinajstić information content (AvgIpc) is 3.16. The van der Waals surface area contributed by atoms with Gasteiger partial charge in [0, 0.05) is 11.8 Å². The van der Waals surface area contributed by atoms with Gasteiger partial charge in [0.05, 0.1) is 23.1 Å². The highest BCUT2D eigenvalue weighted by Crippen LogP contribution is 2.22. The molecule has 2 aromatic heterocycles. The van der Waals surface area contributed by atoms with Crippen LogP contribution in [-0.2, 0) is 6.42 Å². The van der Waals surface area contributed by atoms with Crippen LogP contribution in [0.2, 0.25) is 0 Å². The first-order valence-electron chi connectivity index (χ1n) is 8.13. The standard InChI is InChI=1S/C19H16FN5O/c20-14-3-1-2-11(6-14)7-16(21)18-24-17-5-4-12(13-9-22-23-10-13)8-15(17)19(26)25-18/h1-6,8-10,16H,7,21H2,(H,22,23)(H,24,25,26)/t16-/m0/s1. The van der Waals surface area contributed by atoms with Gasteiger partial charge >= 0.3 is 0 Å². The third-order valence-corrected chi connectivity index (χ3v) is 4.25. The number of benzene rings is 2. The van der Waals surface area contributed by atoms with E-state index in [1.807, 2.05) is 6.07 Å². The van der Waals surface area contributed by atoms with Crippen LogP contribution in [0.4, 0.5) is 4.39 Å². The molecule has 0 amide bonds. The first-order chi connectivity index (χ1) is 12.6. The summed E-state index contributed by atoms with van der Waals surface area (Å²) in [6.45, 7) is 0. The summed E-state index contributed by atoms with van der Waals surface area (Å²) in [7, 11) is 0. The summed E-state index contributed by atoms with van der Waals surface area (Å²) in [6, 6.07) is 11.1. The fraction of sp³-hybridized carbons (Fsp3) is 0.105. The number of rotatable bonds is 4. The molecule has 4 N–H and O–H groups in total. The van der Waals surface area contributed by atoms with Crippen LogP contribution in [0.1, 0.15) is 17.4 Å². The van der Waals surface area contributed by atoms with Crippen molar-refractivity contribution in [3.8, 4) is 11.1 Å². The normalized spacial score (nSPS) is 12.4. The molecule has 0 saturated carbocycles. The number of nitrogens with two attached hydrogens (primary N) is 1. The predicted molar refractivity (Wildman–Crippen MR) is 97.0 cm³/mol. The Hall–Kier alpha value is -3.32. The summed E-state index contributed by atoms with van der Waals surface area (Å²) in [5.41, 5.74) is 8.98. The highest BCUT2D eigenvalue weighted by Gasteiger charge is 2.13. The molecule has 2 heterocycles. The van der Waals surface area contributed by atoms with Crippen LogP contribution in [0.3, 0.4) is 0 Å². The number of nitrogens with one attached hydrogen (secondary N) is 2. The van der Waals surface area contributed by atoms with Crippen molar-refractivity contribution >= 4 is 10.9 Å². The van der Waals surface area contributed by atoms with Gasteiger partial charge in [-0.05, 0) is 41.8 Å². The minimum atomic E-state index is -0.539. The fourth-order valence-corrected chi connectivity index (χ4v) is 2.94. The summed E-state index contributed by atoms with van der Waals surface area (Å²) in [5.74, 6) is 0.0595. The van der Waals surface area contributed by atoms with E-state index in [4.69, 9.17) is 5.73 Å². The Bertz CT molecular complexity index is 1120. The number of halogens is 1. The van der Waals surface area contributed by atoms with Crippen molar-refractivity contribution in [1.82, 2.24) is 20.2 Å². The summed E-state index contributed by atoms with van der Waals surface area (Å²) < 4.78 is 13.3. The fourth-order valence-electron chi connectivity index (χ4n) is 2.94. The molecule has 4 aromatic rings. The van der Waals surface area contributed by atoms with Crippen molar-refractivity contribution in [1.29, 1.82) is 0 Å². The second-order valence-corrected chi connectivity index (χ2v) is 6.11. The minimum Gasteiger partial charge on any atom is -0.321 e. The lowest BCUT2D eigenvalue weighted by atomic mass is 10.0. The zero-order valence-electron chi connectivity index (χ0n) is 13.7. The first-order valence-corrected chi connectivity index (χ1v) is 8.13. The quantitative estimate of drug-likeness (QED) is 0.527. The molecule has 0 saturated heterocycles. The second kappa shape index (κ2) is 6.53. The number of H-pyrrole nitrogens is 2. The van der Waals surface area contributed by atoms with Gasteiger partial charge in [0.25, 0.3) is 5.56 Å². The van der Waals surface area contributed by atoms with E-state index in [0.717, 1.165) is 16.7 Å². The molecular weight excluding hydrogens is 333 g/mol. The SMILES string of the molecule is N[C@@H](Cc1cccc(F)c1)c1nc2ccc(-c3cn[nH]c3)cc2c(=O)[nH]1. The van der Waals surface area contributed by atoms with Gasteiger partial charge in [-0.2, -0.15) is 5.10 Å². The third kappa shape index (κ3) is 3.12. The number of aromatic nitrogens is 4. The van der Waals surface area contributed by atoms with Crippen LogP contribution >= 0.6 is 0 Å². The lowest BCUT2D eigenvalue weighted by Gasteiger charge is -2.12. The minimum absolute atomic E-state index is 0.259. The molecule has 2 aromatic carbocycles. The van der Waals surface area contributed by atoms with Gasteiger partial charge < -0.3 is 10.7 Å². The Morgan fingerprint density at radius 3 is 2.81 bits per heavy atom. The van der Waals surface area contributed by atoms with E-state index >= 15 is 0 Å². The molecule has 0 spiro atoms. The molecule has 0 aliphatic heterocycles. The van der Waals surface area contributed by atoms with E-state index in [0.29, 0.717) is 23.1 Å². The van der Waals surface area contributed by atoms with E-state index in [1.54, 1.807) is 36.7 Å². The molecule has 0 aliphatic carbocycles. The van der Waals surface area contributed by atoms with Crippen molar-refractivity contribution < 1.29 is 4.39 Å². The van der Waals surface area contributed by atoms with E-state index in [-0.39, 0.29) is 11.4 Å². The number of hydrogen-bond donors (Lipinski definition) is 3. The summed E-state index contributed by atoms with van der Waals surface area (Å²) in [4.78, 5) is 19.7. The van der Waals surface area contributed by atoms with Gasteiger partial charge in [-0.15, -0.1) is 0 Å². The molecule has 7 heteroatoms. The van der Waals surface area contributed by atoms with Crippen molar-refractivity contribution in [2.75, 3.05) is 0 Å². The van der Waals surface area contributed by atoms with Gasteiger partial charge in [0.1, 0.15) is 11.6 Å². The molecule has 0 aliphatic rings.